The zero-order valence-corrected chi connectivity index (χ0v) is 17.3. The van der Waals surface area contributed by atoms with Crippen molar-refractivity contribution in [3.8, 4) is 0 Å². The maximum atomic E-state index is 12.4. The maximum Gasteiger partial charge on any atom is 0.330 e. The molecular formula is C27H30O2. The van der Waals surface area contributed by atoms with Crippen LogP contribution in [0.15, 0.2) is 66.7 Å². The third-order valence-corrected chi connectivity index (χ3v) is 7.58. The average molecular weight is 387 g/mol. The summed E-state index contributed by atoms with van der Waals surface area (Å²) >= 11 is 0. The van der Waals surface area contributed by atoms with Gasteiger partial charge in [0.1, 0.15) is 0 Å². The van der Waals surface area contributed by atoms with Crippen molar-refractivity contribution in [2.24, 2.45) is 16.7 Å². The minimum Gasteiger partial charge on any atom is -0.462 e. The summed E-state index contributed by atoms with van der Waals surface area (Å²) in [6.45, 7) is 3.03. The topological polar surface area (TPSA) is 26.3 Å². The molecule has 2 heteroatoms. The summed E-state index contributed by atoms with van der Waals surface area (Å²) in [4.78, 5) is 12.4. The number of esters is 1. The molecule has 4 aliphatic rings. The largest absolute Gasteiger partial charge is 0.462 e. The van der Waals surface area contributed by atoms with Crippen molar-refractivity contribution in [1.29, 1.82) is 0 Å². The molecule has 6 rings (SSSR count). The van der Waals surface area contributed by atoms with Gasteiger partial charge in [-0.05, 0) is 72.5 Å². The van der Waals surface area contributed by atoms with Crippen molar-refractivity contribution < 1.29 is 9.53 Å². The molecule has 4 bridgehead atoms. The summed E-state index contributed by atoms with van der Waals surface area (Å²) in [5.74, 6) is 0.540. The van der Waals surface area contributed by atoms with Crippen molar-refractivity contribution in [3.05, 3.63) is 77.9 Å². The monoisotopic (exact) mass is 386 g/mol. The molecule has 0 heterocycles. The van der Waals surface area contributed by atoms with E-state index in [2.05, 4.69) is 37.3 Å². The van der Waals surface area contributed by atoms with Gasteiger partial charge in [0.15, 0.2) is 0 Å². The fourth-order valence-electron chi connectivity index (χ4n) is 7.41. The molecule has 0 aromatic heterocycles. The molecule has 150 valence electrons. The first-order valence-corrected chi connectivity index (χ1v) is 10.9. The summed E-state index contributed by atoms with van der Waals surface area (Å²) in [7, 11) is 0. The van der Waals surface area contributed by atoms with Crippen LogP contribution in [0, 0.1) is 16.7 Å². The van der Waals surface area contributed by atoms with Crippen molar-refractivity contribution in [3.63, 3.8) is 0 Å². The number of benzene rings is 2. The SMILES string of the molecule is C[C@@]12C[C@H]3C[C@@](COC(=O)/C=C/c4ccccc4)(C1)C[C@](c1ccccc1)(C3)C2. The van der Waals surface area contributed by atoms with Gasteiger partial charge in [-0.25, -0.2) is 4.79 Å². The summed E-state index contributed by atoms with van der Waals surface area (Å²) < 4.78 is 5.85. The van der Waals surface area contributed by atoms with Crippen LogP contribution in [0.3, 0.4) is 0 Å². The van der Waals surface area contributed by atoms with Crippen LogP contribution in [-0.4, -0.2) is 12.6 Å². The van der Waals surface area contributed by atoms with E-state index in [0.29, 0.717) is 12.0 Å². The predicted molar refractivity (Wildman–Crippen MR) is 116 cm³/mol. The molecule has 0 spiro atoms. The summed E-state index contributed by atoms with van der Waals surface area (Å²) in [5.41, 5.74) is 3.30. The third kappa shape index (κ3) is 3.54. The molecule has 0 saturated heterocycles. The van der Waals surface area contributed by atoms with Gasteiger partial charge in [0.25, 0.3) is 0 Å². The number of carbonyl (C=O) groups excluding carboxylic acids is 1. The molecule has 2 aromatic rings. The molecule has 2 aromatic carbocycles. The minimum atomic E-state index is -0.219. The van der Waals surface area contributed by atoms with Crippen LogP contribution in [0.25, 0.3) is 6.08 Å². The lowest BCUT2D eigenvalue weighted by Crippen LogP contribution is -2.59. The van der Waals surface area contributed by atoms with Crippen molar-refractivity contribution in [2.75, 3.05) is 6.61 Å². The first kappa shape index (κ1) is 18.7. The van der Waals surface area contributed by atoms with E-state index in [1.54, 1.807) is 6.08 Å². The van der Waals surface area contributed by atoms with Gasteiger partial charge in [0.2, 0.25) is 0 Å². The van der Waals surface area contributed by atoms with Crippen LogP contribution in [0.5, 0.6) is 0 Å². The Morgan fingerprint density at radius 1 is 0.966 bits per heavy atom. The lowest BCUT2D eigenvalue weighted by atomic mass is 9.39. The average Bonchev–Trinajstić information content (AvgIpc) is 2.70. The molecular weight excluding hydrogens is 356 g/mol. The molecule has 4 saturated carbocycles. The quantitative estimate of drug-likeness (QED) is 0.454. The van der Waals surface area contributed by atoms with Crippen LogP contribution in [0.4, 0.5) is 0 Å². The molecule has 0 N–H and O–H groups in total. The van der Waals surface area contributed by atoms with E-state index < -0.39 is 0 Å². The Morgan fingerprint density at radius 3 is 2.41 bits per heavy atom. The first-order chi connectivity index (χ1) is 14.0. The zero-order chi connectivity index (χ0) is 20.0. The highest BCUT2D eigenvalue weighted by Crippen LogP contribution is 2.70. The van der Waals surface area contributed by atoms with Gasteiger partial charge in [0, 0.05) is 11.5 Å². The maximum absolute atomic E-state index is 12.4. The van der Waals surface area contributed by atoms with E-state index in [-0.39, 0.29) is 16.8 Å². The second kappa shape index (κ2) is 6.86. The Kier molecular flexibility index (Phi) is 4.42. The van der Waals surface area contributed by atoms with Crippen LogP contribution in [0.2, 0.25) is 0 Å². The molecule has 29 heavy (non-hydrogen) atoms. The van der Waals surface area contributed by atoms with Crippen LogP contribution in [0.1, 0.15) is 56.6 Å². The van der Waals surface area contributed by atoms with E-state index in [9.17, 15) is 4.79 Å². The van der Waals surface area contributed by atoms with Gasteiger partial charge in [0.05, 0.1) is 6.61 Å². The highest BCUT2D eigenvalue weighted by Gasteiger charge is 2.62. The van der Waals surface area contributed by atoms with Crippen molar-refractivity contribution in [2.45, 2.75) is 50.9 Å². The standard InChI is InChI=1S/C27H30O2/c1-25-14-22-15-26(17-25,19-27(16-22,18-25)23-10-6-3-7-11-23)20-29-24(28)13-12-21-8-4-2-5-9-21/h2-13,22H,14-20H2,1H3/b13-12+/t22-,25+,26+,27-/m0/s1. The van der Waals surface area contributed by atoms with Gasteiger partial charge >= 0.3 is 5.97 Å². The molecule has 4 atom stereocenters. The van der Waals surface area contributed by atoms with Gasteiger partial charge in [-0.1, -0.05) is 67.6 Å². The highest BCUT2D eigenvalue weighted by molar-refractivity contribution is 5.87. The molecule has 4 fully saturated rings. The van der Waals surface area contributed by atoms with Crippen LogP contribution >= 0.6 is 0 Å². The Bertz CT molecular complexity index is 918. The van der Waals surface area contributed by atoms with Gasteiger partial charge in [-0.3, -0.25) is 0 Å². The molecule has 2 nitrogen and oxygen atoms in total. The van der Waals surface area contributed by atoms with Crippen LogP contribution < -0.4 is 0 Å². The van der Waals surface area contributed by atoms with Gasteiger partial charge in [-0.15, -0.1) is 0 Å². The molecule has 4 aliphatic carbocycles. The second-order valence-corrected chi connectivity index (χ2v) is 10.3. The van der Waals surface area contributed by atoms with E-state index in [4.69, 9.17) is 4.74 Å². The molecule has 0 amide bonds. The van der Waals surface area contributed by atoms with Crippen molar-refractivity contribution in [1.82, 2.24) is 0 Å². The fraction of sp³-hybridized carbons (Fsp3) is 0.444. The Hall–Kier alpha value is -2.35. The Morgan fingerprint density at radius 2 is 1.69 bits per heavy atom. The second-order valence-electron chi connectivity index (χ2n) is 10.3. The zero-order valence-electron chi connectivity index (χ0n) is 17.3. The first-order valence-electron chi connectivity index (χ1n) is 10.9. The predicted octanol–water partition coefficient (Wildman–Crippen LogP) is 6.17. The Labute approximate surface area is 174 Å². The Balaban J connectivity index is 1.34. The van der Waals surface area contributed by atoms with E-state index >= 15 is 0 Å². The molecule has 0 aliphatic heterocycles. The highest BCUT2D eigenvalue weighted by atomic mass is 16.5. The number of rotatable bonds is 5. The van der Waals surface area contributed by atoms with Crippen molar-refractivity contribution >= 4 is 12.0 Å². The number of carbonyl (C=O) groups is 1. The summed E-state index contributed by atoms with van der Waals surface area (Å²) in [5, 5.41) is 0. The van der Waals surface area contributed by atoms with Gasteiger partial charge < -0.3 is 4.74 Å². The van der Waals surface area contributed by atoms with E-state index in [0.717, 1.165) is 17.9 Å². The number of hydrogen-bond donors (Lipinski definition) is 0. The molecule has 0 radical (unpaired) electrons. The minimum absolute atomic E-state index is 0.139. The molecule has 0 unspecified atom stereocenters. The van der Waals surface area contributed by atoms with E-state index in [1.807, 2.05) is 36.4 Å². The number of ether oxygens (including phenoxy) is 1. The van der Waals surface area contributed by atoms with Gasteiger partial charge in [-0.2, -0.15) is 0 Å². The third-order valence-electron chi connectivity index (χ3n) is 7.58. The lowest BCUT2D eigenvalue weighted by Gasteiger charge is -2.66. The van der Waals surface area contributed by atoms with E-state index in [1.165, 1.54) is 37.7 Å². The summed E-state index contributed by atoms with van der Waals surface area (Å²) in [6.07, 6.45) is 10.9. The van der Waals surface area contributed by atoms with Crippen LogP contribution in [-0.2, 0) is 14.9 Å². The number of hydrogen-bond acceptors (Lipinski definition) is 2. The normalized spacial score (nSPS) is 35.1. The lowest BCUT2D eigenvalue weighted by molar-refractivity contribution is -0.163. The summed E-state index contributed by atoms with van der Waals surface area (Å²) in [6, 6.07) is 21.0. The fourth-order valence-corrected chi connectivity index (χ4v) is 7.41. The smallest absolute Gasteiger partial charge is 0.330 e.